The molecule has 2 aliphatic heterocycles. The van der Waals surface area contributed by atoms with Crippen LogP contribution < -0.4 is 19.5 Å². The lowest BCUT2D eigenvalue weighted by atomic mass is 9.94. The standard InChI is InChI=1S/C30H38N2O7/c1-4-5-15-39-24-10-8-22(18-20(24)2)28(34)26-27(21-7-9-23(33)25(19-21)37-3)32(30(36)29(26)35)12-6-11-31-13-16-38-17-14-31/h7-10,18-19,27,33-34H,4-6,11-17H2,1-3H3. The third kappa shape index (κ3) is 6.37. The van der Waals surface area contributed by atoms with Crippen molar-refractivity contribution in [2.45, 2.75) is 39.2 Å². The lowest BCUT2D eigenvalue weighted by Gasteiger charge is -2.29. The summed E-state index contributed by atoms with van der Waals surface area (Å²) < 4.78 is 16.5. The van der Waals surface area contributed by atoms with Crippen molar-refractivity contribution in [3.63, 3.8) is 0 Å². The molecule has 0 aliphatic carbocycles. The molecule has 4 rings (SSSR count). The molecule has 0 aromatic heterocycles. The van der Waals surface area contributed by atoms with E-state index in [1.165, 1.54) is 23.0 Å². The molecule has 0 radical (unpaired) electrons. The van der Waals surface area contributed by atoms with Gasteiger partial charge in [-0.1, -0.05) is 31.2 Å². The van der Waals surface area contributed by atoms with Gasteiger partial charge in [0.15, 0.2) is 11.5 Å². The molecule has 0 spiro atoms. The van der Waals surface area contributed by atoms with Gasteiger partial charge in [-0.2, -0.15) is 0 Å². The Kier molecular flexibility index (Phi) is 9.48. The van der Waals surface area contributed by atoms with Crippen LogP contribution in [0.2, 0.25) is 0 Å². The molecule has 2 fully saturated rings. The molecule has 39 heavy (non-hydrogen) atoms. The Balaban J connectivity index is 1.68. The second-order valence-corrected chi connectivity index (χ2v) is 10.1. The fourth-order valence-corrected chi connectivity index (χ4v) is 5.16. The quantitative estimate of drug-likeness (QED) is 0.193. The van der Waals surface area contributed by atoms with Gasteiger partial charge in [0.05, 0.1) is 39.5 Å². The highest BCUT2D eigenvalue weighted by atomic mass is 16.5. The highest BCUT2D eigenvalue weighted by molar-refractivity contribution is 6.46. The van der Waals surface area contributed by atoms with E-state index in [1.54, 1.807) is 30.3 Å². The number of rotatable bonds is 11. The number of carbonyl (C=O) groups excluding carboxylic acids is 2. The number of phenolic OH excluding ortho intramolecular Hbond substituents is 1. The number of ether oxygens (including phenoxy) is 3. The second kappa shape index (κ2) is 13.0. The summed E-state index contributed by atoms with van der Waals surface area (Å²) in [7, 11) is 1.43. The van der Waals surface area contributed by atoms with Crippen LogP contribution in [0, 0.1) is 6.92 Å². The molecule has 2 heterocycles. The number of aryl methyl sites for hydroxylation is 1. The van der Waals surface area contributed by atoms with Gasteiger partial charge >= 0.3 is 0 Å². The largest absolute Gasteiger partial charge is 0.872 e. The van der Waals surface area contributed by atoms with Crippen molar-refractivity contribution >= 4 is 17.4 Å². The Morgan fingerprint density at radius 3 is 2.59 bits per heavy atom. The van der Waals surface area contributed by atoms with Crippen LogP contribution in [0.1, 0.15) is 48.9 Å². The number of ketones is 1. The summed E-state index contributed by atoms with van der Waals surface area (Å²) in [6, 6.07) is 8.85. The van der Waals surface area contributed by atoms with Crippen molar-refractivity contribution in [2.75, 3.05) is 53.1 Å². The summed E-state index contributed by atoms with van der Waals surface area (Å²) in [5.41, 5.74) is 1.54. The Morgan fingerprint density at radius 1 is 1.13 bits per heavy atom. The zero-order valence-corrected chi connectivity index (χ0v) is 23.0. The first-order valence-electron chi connectivity index (χ1n) is 13.6. The predicted octanol–water partition coefficient (Wildman–Crippen LogP) is 1.42. The second-order valence-electron chi connectivity index (χ2n) is 10.1. The van der Waals surface area contributed by atoms with E-state index >= 15 is 0 Å². The van der Waals surface area contributed by atoms with E-state index in [0.29, 0.717) is 49.7 Å². The molecule has 2 N–H and O–H groups in total. The molecule has 2 aliphatic rings. The van der Waals surface area contributed by atoms with E-state index in [4.69, 9.17) is 14.2 Å². The SMILES string of the molecule is CCCCOc1ccc(C([O-])=C2C(=O)C(=O)N(CCC[NH+]3CCOCC3)C2c2ccc(O)c(OC)c2)cc1C. The third-order valence-electron chi connectivity index (χ3n) is 7.37. The van der Waals surface area contributed by atoms with E-state index in [-0.39, 0.29) is 17.1 Å². The molecule has 0 saturated carbocycles. The highest BCUT2D eigenvalue weighted by Crippen LogP contribution is 2.41. The van der Waals surface area contributed by atoms with Gasteiger partial charge in [-0.15, -0.1) is 0 Å². The van der Waals surface area contributed by atoms with E-state index in [0.717, 1.165) is 38.0 Å². The van der Waals surface area contributed by atoms with Gasteiger partial charge in [0.25, 0.3) is 5.91 Å². The summed E-state index contributed by atoms with van der Waals surface area (Å²) >= 11 is 0. The van der Waals surface area contributed by atoms with E-state index < -0.39 is 23.5 Å². The molecule has 210 valence electrons. The van der Waals surface area contributed by atoms with Crippen LogP contribution in [0.5, 0.6) is 17.2 Å². The van der Waals surface area contributed by atoms with E-state index in [1.807, 2.05) is 6.92 Å². The number of amides is 1. The number of phenols is 1. The first-order chi connectivity index (χ1) is 18.8. The Labute approximate surface area is 229 Å². The van der Waals surface area contributed by atoms with Crippen molar-refractivity contribution < 1.29 is 38.9 Å². The number of benzene rings is 2. The Bertz CT molecular complexity index is 1220. The number of hydrogen-bond donors (Lipinski definition) is 2. The average molecular weight is 539 g/mol. The molecule has 2 saturated heterocycles. The fourth-order valence-electron chi connectivity index (χ4n) is 5.16. The third-order valence-corrected chi connectivity index (χ3v) is 7.37. The van der Waals surface area contributed by atoms with Gasteiger partial charge in [-0.25, -0.2) is 0 Å². The van der Waals surface area contributed by atoms with Gasteiger partial charge < -0.3 is 34.2 Å². The van der Waals surface area contributed by atoms with Crippen molar-refractivity contribution in [3.8, 4) is 17.2 Å². The molecule has 9 heteroatoms. The molecule has 9 nitrogen and oxygen atoms in total. The molecule has 2 aromatic carbocycles. The minimum Gasteiger partial charge on any atom is -0.872 e. The van der Waals surface area contributed by atoms with Crippen LogP contribution in [0.25, 0.3) is 5.76 Å². The maximum atomic E-state index is 13.8. The molecular weight excluding hydrogens is 500 g/mol. The fraction of sp³-hybridized carbons (Fsp3) is 0.467. The summed E-state index contributed by atoms with van der Waals surface area (Å²) in [5.74, 6) is -1.16. The minimum absolute atomic E-state index is 0.0680. The number of aromatic hydroxyl groups is 1. The number of unbranched alkanes of at least 4 members (excludes halogenated alkanes) is 1. The lowest BCUT2D eigenvalue weighted by molar-refractivity contribution is -0.908. The topological polar surface area (TPSA) is 113 Å². The number of morpholine rings is 1. The molecule has 2 aromatic rings. The van der Waals surface area contributed by atoms with Crippen LogP contribution >= 0.6 is 0 Å². The van der Waals surface area contributed by atoms with Crippen LogP contribution in [-0.2, 0) is 14.3 Å². The van der Waals surface area contributed by atoms with Crippen molar-refractivity contribution in [2.24, 2.45) is 0 Å². The summed E-state index contributed by atoms with van der Waals surface area (Å²) in [5, 5.41) is 24.0. The monoisotopic (exact) mass is 538 g/mol. The van der Waals surface area contributed by atoms with Gasteiger partial charge in [-0.05, 0) is 54.3 Å². The smallest absolute Gasteiger partial charge is 0.295 e. The normalized spacial score (nSPS) is 19.5. The lowest BCUT2D eigenvalue weighted by Crippen LogP contribution is -3.14. The number of nitrogens with one attached hydrogen (secondary N) is 1. The minimum atomic E-state index is -0.882. The van der Waals surface area contributed by atoms with Crippen molar-refractivity contribution in [1.82, 2.24) is 4.90 Å². The molecule has 0 bridgehead atoms. The Hall–Kier alpha value is -3.56. The van der Waals surface area contributed by atoms with Gasteiger partial charge in [0, 0.05) is 18.5 Å². The average Bonchev–Trinajstić information content (AvgIpc) is 3.19. The van der Waals surface area contributed by atoms with Crippen LogP contribution in [0.3, 0.4) is 0 Å². The number of hydrogen-bond acceptors (Lipinski definition) is 7. The highest BCUT2D eigenvalue weighted by Gasteiger charge is 2.44. The number of methoxy groups -OCH3 is 1. The number of likely N-dealkylation sites (tertiary alicyclic amines) is 1. The molecule has 1 atom stereocenters. The number of Topliss-reactive ketones (excluding diaryl/α,β-unsaturated/α-hetero) is 1. The number of carbonyl (C=O) groups is 2. The summed E-state index contributed by atoms with van der Waals surface area (Å²) in [6.45, 7) is 8.90. The number of nitrogens with zero attached hydrogens (tertiary/aromatic N) is 1. The van der Waals surface area contributed by atoms with Gasteiger partial charge in [0.1, 0.15) is 18.8 Å². The van der Waals surface area contributed by atoms with Crippen LogP contribution in [0.15, 0.2) is 42.0 Å². The number of quaternary nitrogens is 1. The summed E-state index contributed by atoms with van der Waals surface area (Å²) in [6.07, 6.45) is 2.61. The van der Waals surface area contributed by atoms with Gasteiger partial charge in [-0.3, -0.25) is 9.59 Å². The van der Waals surface area contributed by atoms with Gasteiger partial charge in [0.2, 0.25) is 5.78 Å². The predicted molar refractivity (Wildman–Crippen MR) is 144 cm³/mol. The van der Waals surface area contributed by atoms with E-state index in [2.05, 4.69) is 6.92 Å². The zero-order chi connectivity index (χ0) is 27.9. The van der Waals surface area contributed by atoms with Crippen LogP contribution in [-0.4, -0.2) is 74.8 Å². The van der Waals surface area contributed by atoms with Crippen LogP contribution in [0.4, 0.5) is 0 Å². The maximum absolute atomic E-state index is 13.8. The van der Waals surface area contributed by atoms with Crippen molar-refractivity contribution in [3.05, 3.63) is 58.7 Å². The van der Waals surface area contributed by atoms with E-state index in [9.17, 15) is 19.8 Å². The van der Waals surface area contributed by atoms with Crippen molar-refractivity contribution in [1.29, 1.82) is 0 Å². The summed E-state index contributed by atoms with van der Waals surface area (Å²) in [4.78, 5) is 29.5. The zero-order valence-electron chi connectivity index (χ0n) is 23.0. The first kappa shape index (κ1) is 28.4. The Morgan fingerprint density at radius 2 is 1.90 bits per heavy atom. The first-order valence-corrected chi connectivity index (χ1v) is 13.6. The maximum Gasteiger partial charge on any atom is 0.295 e. The molecule has 1 unspecified atom stereocenters. The molecular formula is C30H38N2O7. The molecule has 1 amide bonds.